The molecule has 1 aromatic heterocycles. The van der Waals surface area contributed by atoms with E-state index in [1.807, 2.05) is 12.5 Å². The summed E-state index contributed by atoms with van der Waals surface area (Å²) in [6.07, 6.45) is 8.96. The molecule has 0 spiro atoms. The van der Waals surface area contributed by atoms with Crippen LogP contribution in [0.4, 0.5) is 0 Å². The summed E-state index contributed by atoms with van der Waals surface area (Å²) < 4.78 is 2.26. The third kappa shape index (κ3) is 2.58. The summed E-state index contributed by atoms with van der Waals surface area (Å²) in [5.74, 6) is 0. The van der Waals surface area contributed by atoms with Crippen molar-refractivity contribution in [1.82, 2.24) is 14.9 Å². The molecular formula is C11H19N3. The lowest BCUT2D eigenvalue weighted by molar-refractivity contribution is 0.615. The summed E-state index contributed by atoms with van der Waals surface area (Å²) in [4.78, 5) is 4.19. The molecule has 0 aliphatic heterocycles. The van der Waals surface area contributed by atoms with Crippen LogP contribution in [0.25, 0.3) is 0 Å². The zero-order valence-electron chi connectivity index (χ0n) is 8.87. The van der Waals surface area contributed by atoms with Gasteiger partial charge in [0.2, 0.25) is 0 Å². The van der Waals surface area contributed by atoms with Crippen molar-refractivity contribution >= 4 is 0 Å². The molecule has 3 heteroatoms. The van der Waals surface area contributed by atoms with Gasteiger partial charge in [0.15, 0.2) is 0 Å². The molecule has 0 bridgehead atoms. The first-order valence-corrected chi connectivity index (χ1v) is 5.62. The number of hydrogen-bond acceptors (Lipinski definition) is 2. The maximum Gasteiger partial charge on any atom is 0.0948 e. The number of nitrogens with one attached hydrogen (secondary N) is 1. The number of nitrogens with zero attached hydrogens (tertiary/aromatic N) is 2. The summed E-state index contributed by atoms with van der Waals surface area (Å²) in [6.45, 7) is 4.39. The van der Waals surface area contributed by atoms with E-state index in [1.54, 1.807) is 0 Å². The Bertz CT molecular complexity index is 276. The maximum absolute atomic E-state index is 4.19. The molecule has 0 saturated heterocycles. The molecule has 1 aliphatic rings. The van der Waals surface area contributed by atoms with Crippen molar-refractivity contribution in [2.24, 2.45) is 0 Å². The predicted molar refractivity (Wildman–Crippen MR) is 57.2 cm³/mol. The van der Waals surface area contributed by atoms with Crippen LogP contribution in [-0.4, -0.2) is 22.1 Å². The predicted octanol–water partition coefficient (Wildman–Crippen LogP) is 1.59. The lowest BCUT2D eigenvalue weighted by atomic mass is 10.3. The van der Waals surface area contributed by atoms with Crippen molar-refractivity contribution in [1.29, 1.82) is 0 Å². The largest absolute Gasteiger partial charge is 0.335 e. The second-order valence-corrected chi connectivity index (χ2v) is 4.06. The molecule has 1 fully saturated rings. The van der Waals surface area contributed by atoms with Gasteiger partial charge in [-0.2, -0.15) is 0 Å². The molecule has 0 unspecified atom stereocenters. The molecule has 14 heavy (non-hydrogen) atoms. The molecule has 1 heterocycles. The number of aryl methyl sites for hydroxylation is 1. The Kier molecular flexibility index (Phi) is 3.19. The first-order valence-electron chi connectivity index (χ1n) is 5.62. The second-order valence-electron chi connectivity index (χ2n) is 4.06. The van der Waals surface area contributed by atoms with Crippen molar-refractivity contribution in [2.45, 2.75) is 45.2 Å². The van der Waals surface area contributed by atoms with Crippen molar-refractivity contribution < 1.29 is 0 Å². The van der Waals surface area contributed by atoms with Crippen molar-refractivity contribution in [2.75, 3.05) is 6.54 Å². The maximum atomic E-state index is 4.19. The Morgan fingerprint density at radius 1 is 1.57 bits per heavy atom. The normalized spacial score (nSPS) is 16.1. The van der Waals surface area contributed by atoms with E-state index >= 15 is 0 Å². The highest BCUT2D eigenvalue weighted by Crippen LogP contribution is 2.18. The highest BCUT2D eigenvalue weighted by atomic mass is 15.0. The third-order valence-electron chi connectivity index (χ3n) is 2.65. The first-order chi connectivity index (χ1) is 6.90. The van der Waals surface area contributed by atoms with Gasteiger partial charge in [-0.25, -0.2) is 4.98 Å². The molecule has 0 aromatic carbocycles. The molecule has 1 aromatic rings. The van der Waals surface area contributed by atoms with E-state index in [0.717, 1.165) is 25.6 Å². The molecule has 0 amide bonds. The summed E-state index contributed by atoms with van der Waals surface area (Å²) in [5.41, 5.74) is 1.36. The van der Waals surface area contributed by atoms with Gasteiger partial charge in [-0.3, -0.25) is 0 Å². The Hall–Kier alpha value is -0.830. The number of rotatable bonds is 6. The minimum absolute atomic E-state index is 0.817. The number of hydrogen-bond donors (Lipinski definition) is 1. The highest BCUT2D eigenvalue weighted by molar-refractivity contribution is 4.99. The lowest BCUT2D eigenvalue weighted by Crippen LogP contribution is -2.20. The van der Waals surface area contributed by atoms with Crippen LogP contribution in [0.1, 0.15) is 31.9 Å². The Morgan fingerprint density at radius 2 is 2.43 bits per heavy atom. The average Bonchev–Trinajstić information content (AvgIpc) is 2.89. The fraction of sp³-hybridized carbons (Fsp3) is 0.727. The molecule has 1 saturated carbocycles. The van der Waals surface area contributed by atoms with Crippen LogP contribution in [-0.2, 0) is 13.0 Å². The van der Waals surface area contributed by atoms with Crippen LogP contribution < -0.4 is 5.32 Å². The molecular weight excluding hydrogens is 174 g/mol. The van der Waals surface area contributed by atoms with Crippen molar-refractivity contribution in [3.05, 3.63) is 18.2 Å². The zero-order valence-corrected chi connectivity index (χ0v) is 8.87. The van der Waals surface area contributed by atoms with Gasteiger partial charge in [0.05, 0.1) is 6.33 Å². The van der Waals surface area contributed by atoms with Crippen LogP contribution in [0.15, 0.2) is 12.5 Å². The van der Waals surface area contributed by atoms with Gasteiger partial charge in [-0.1, -0.05) is 6.92 Å². The zero-order chi connectivity index (χ0) is 9.80. The van der Waals surface area contributed by atoms with E-state index in [9.17, 15) is 0 Å². The quantitative estimate of drug-likeness (QED) is 0.743. The van der Waals surface area contributed by atoms with E-state index in [0.29, 0.717) is 0 Å². The minimum Gasteiger partial charge on any atom is -0.335 e. The van der Waals surface area contributed by atoms with E-state index in [2.05, 4.69) is 21.8 Å². The van der Waals surface area contributed by atoms with Gasteiger partial charge in [0, 0.05) is 37.4 Å². The smallest absolute Gasteiger partial charge is 0.0948 e. The van der Waals surface area contributed by atoms with Gasteiger partial charge >= 0.3 is 0 Å². The summed E-state index contributed by atoms with van der Waals surface area (Å²) in [7, 11) is 0. The second kappa shape index (κ2) is 4.60. The monoisotopic (exact) mass is 193 g/mol. The molecule has 0 radical (unpaired) electrons. The SMILES string of the molecule is CCCn1cncc1CCNC1CC1. The molecule has 0 atom stereocenters. The standard InChI is InChI=1S/C11H19N3/c1-2-7-14-9-12-8-11(14)5-6-13-10-3-4-10/h8-10,13H,2-7H2,1H3. The number of aromatic nitrogens is 2. The topological polar surface area (TPSA) is 29.9 Å². The Morgan fingerprint density at radius 3 is 3.14 bits per heavy atom. The minimum atomic E-state index is 0.817. The highest BCUT2D eigenvalue weighted by Gasteiger charge is 2.19. The third-order valence-corrected chi connectivity index (χ3v) is 2.65. The van der Waals surface area contributed by atoms with Gasteiger partial charge in [-0.15, -0.1) is 0 Å². The van der Waals surface area contributed by atoms with Crippen LogP contribution in [0, 0.1) is 0 Å². The van der Waals surface area contributed by atoms with Crippen LogP contribution in [0.5, 0.6) is 0 Å². The van der Waals surface area contributed by atoms with E-state index in [4.69, 9.17) is 0 Å². The lowest BCUT2D eigenvalue weighted by Gasteiger charge is -2.06. The van der Waals surface area contributed by atoms with Crippen LogP contribution >= 0.6 is 0 Å². The Labute approximate surface area is 85.5 Å². The number of imidazole rings is 1. The van der Waals surface area contributed by atoms with Gasteiger partial charge in [0.25, 0.3) is 0 Å². The van der Waals surface area contributed by atoms with Crippen LogP contribution in [0.2, 0.25) is 0 Å². The summed E-state index contributed by atoms with van der Waals surface area (Å²) in [6, 6.07) is 0.817. The molecule has 2 rings (SSSR count). The molecule has 78 valence electrons. The van der Waals surface area contributed by atoms with Crippen LogP contribution in [0.3, 0.4) is 0 Å². The van der Waals surface area contributed by atoms with Gasteiger partial charge in [-0.05, 0) is 19.3 Å². The van der Waals surface area contributed by atoms with Gasteiger partial charge < -0.3 is 9.88 Å². The fourth-order valence-electron chi connectivity index (χ4n) is 1.69. The van der Waals surface area contributed by atoms with E-state index in [-0.39, 0.29) is 0 Å². The Balaban J connectivity index is 1.78. The fourth-order valence-corrected chi connectivity index (χ4v) is 1.69. The van der Waals surface area contributed by atoms with Crippen molar-refractivity contribution in [3.63, 3.8) is 0 Å². The first kappa shape index (κ1) is 9.71. The molecule has 1 aliphatic carbocycles. The average molecular weight is 193 g/mol. The van der Waals surface area contributed by atoms with Gasteiger partial charge in [0.1, 0.15) is 0 Å². The van der Waals surface area contributed by atoms with E-state index in [1.165, 1.54) is 25.0 Å². The summed E-state index contributed by atoms with van der Waals surface area (Å²) >= 11 is 0. The molecule has 1 N–H and O–H groups in total. The van der Waals surface area contributed by atoms with E-state index < -0.39 is 0 Å². The summed E-state index contributed by atoms with van der Waals surface area (Å²) in [5, 5.41) is 3.52. The van der Waals surface area contributed by atoms with Crippen molar-refractivity contribution in [3.8, 4) is 0 Å². The molecule has 3 nitrogen and oxygen atoms in total.